The maximum absolute atomic E-state index is 12.5. The number of carbonyl (C=O) groups excluding carboxylic acids is 2. The average Bonchev–Trinajstić information content (AvgIpc) is 2.85. The van der Waals surface area contributed by atoms with Gasteiger partial charge in [-0.25, -0.2) is 9.67 Å². The summed E-state index contributed by atoms with van der Waals surface area (Å²) in [6.45, 7) is 8.53. The predicted octanol–water partition coefficient (Wildman–Crippen LogP) is 0.170. The summed E-state index contributed by atoms with van der Waals surface area (Å²) in [5, 5.41) is 6.87. The Labute approximate surface area is 118 Å². The third-order valence-electron chi connectivity index (χ3n) is 3.67. The van der Waals surface area contributed by atoms with Crippen molar-refractivity contribution in [3.8, 4) is 0 Å². The predicted molar refractivity (Wildman–Crippen MR) is 72.5 cm³/mol. The van der Waals surface area contributed by atoms with Gasteiger partial charge in [0.15, 0.2) is 0 Å². The Morgan fingerprint density at radius 3 is 2.70 bits per heavy atom. The van der Waals surface area contributed by atoms with E-state index in [9.17, 15) is 9.59 Å². The second-order valence-corrected chi connectivity index (χ2v) is 5.36. The van der Waals surface area contributed by atoms with Crippen LogP contribution in [0.25, 0.3) is 0 Å². The highest BCUT2D eigenvalue weighted by atomic mass is 16.2. The van der Waals surface area contributed by atoms with Gasteiger partial charge in [0.05, 0.1) is 6.54 Å². The summed E-state index contributed by atoms with van der Waals surface area (Å²) in [7, 11) is 0. The van der Waals surface area contributed by atoms with E-state index in [0.29, 0.717) is 18.9 Å². The van der Waals surface area contributed by atoms with E-state index in [0.717, 1.165) is 0 Å². The number of piperazine rings is 1. The standard InChI is InChI=1S/C13H21N5O2/c1-5-18-10(14-7-15-18)6-17-9(4)12(19)16-11(8(2)3)13(17)20/h7-9,11H,5-6H2,1-4H3,(H,16,19). The van der Waals surface area contributed by atoms with Crippen LogP contribution >= 0.6 is 0 Å². The molecule has 7 nitrogen and oxygen atoms in total. The number of amides is 2. The number of carbonyl (C=O) groups is 2. The minimum atomic E-state index is -0.487. The molecule has 0 aliphatic carbocycles. The molecule has 0 radical (unpaired) electrons. The summed E-state index contributed by atoms with van der Waals surface area (Å²) in [5.74, 6) is 0.582. The molecule has 2 rings (SSSR count). The number of nitrogens with zero attached hydrogens (tertiary/aromatic N) is 4. The van der Waals surface area contributed by atoms with Gasteiger partial charge in [0.25, 0.3) is 0 Å². The van der Waals surface area contributed by atoms with Gasteiger partial charge in [0.1, 0.15) is 24.2 Å². The molecule has 1 aromatic heterocycles. The van der Waals surface area contributed by atoms with E-state index in [1.165, 1.54) is 6.33 Å². The molecule has 1 N–H and O–H groups in total. The Morgan fingerprint density at radius 1 is 1.40 bits per heavy atom. The first-order valence-corrected chi connectivity index (χ1v) is 6.93. The molecule has 20 heavy (non-hydrogen) atoms. The first kappa shape index (κ1) is 14.5. The van der Waals surface area contributed by atoms with Crippen molar-refractivity contribution in [1.29, 1.82) is 0 Å². The molecule has 0 aromatic carbocycles. The van der Waals surface area contributed by atoms with Crippen LogP contribution < -0.4 is 5.32 Å². The molecule has 2 unspecified atom stereocenters. The zero-order valence-electron chi connectivity index (χ0n) is 12.3. The number of aromatic nitrogens is 3. The second-order valence-electron chi connectivity index (χ2n) is 5.36. The van der Waals surface area contributed by atoms with E-state index in [2.05, 4.69) is 15.4 Å². The fourth-order valence-corrected chi connectivity index (χ4v) is 2.34. The minimum Gasteiger partial charge on any atom is -0.342 e. The summed E-state index contributed by atoms with van der Waals surface area (Å²) in [4.78, 5) is 30.3. The van der Waals surface area contributed by atoms with Crippen LogP contribution in [0.3, 0.4) is 0 Å². The highest BCUT2D eigenvalue weighted by Crippen LogP contribution is 2.17. The third kappa shape index (κ3) is 2.52. The number of rotatable bonds is 4. The van der Waals surface area contributed by atoms with Crippen LogP contribution in [0, 0.1) is 5.92 Å². The molecule has 1 aliphatic heterocycles. The van der Waals surface area contributed by atoms with Crippen molar-refractivity contribution in [2.75, 3.05) is 0 Å². The molecule has 2 amide bonds. The van der Waals surface area contributed by atoms with Crippen molar-refractivity contribution in [2.24, 2.45) is 5.92 Å². The molecule has 2 heterocycles. The lowest BCUT2D eigenvalue weighted by Gasteiger charge is -2.38. The van der Waals surface area contributed by atoms with Gasteiger partial charge < -0.3 is 10.2 Å². The van der Waals surface area contributed by atoms with Gasteiger partial charge >= 0.3 is 0 Å². The first-order valence-electron chi connectivity index (χ1n) is 6.93. The lowest BCUT2D eigenvalue weighted by atomic mass is 9.98. The summed E-state index contributed by atoms with van der Waals surface area (Å²) < 4.78 is 1.73. The third-order valence-corrected chi connectivity index (χ3v) is 3.67. The maximum Gasteiger partial charge on any atom is 0.246 e. The molecule has 0 bridgehead atoms. The monoisotopic (exact) mass is 279 g/mol. The van der Waals surface area contributed by atoms with Gasteiger partial charge in [-0.05, 0) is 19.8 Å². The van der Waals surface area contributed by atoms with Crippen LogP contribution in [0.1, 0.15) is 33.5 Å². The van der Waals surface area contributed by atoms with Gasteiger partial charge in [0.2, 0.25) is 11.8 Å². The zero-order valence-corrected chi connectivity index (χ0v) is 12.3. The molecule has 7 heteroatoms. The van der Waals surface area contributed by atoms with Gasteiger partial charge in [-0.3, -0.25) is 9.59 Å². The highest BCUT2D eigenvalue weighted by Gasteiger charge is 2.39. The lowest BCUT2D eigenvalue weighted by Crippen LogP contribution is -2.63. The van der Waals surface area contributed by atoms with Gasteiger partial charge in [-0.2, -0.15) is 5.10 Å². The summed E-state index contributed by atoms with van der Waals surface area (Å²) >= 11 is 0. The van der Waals surface area contributed by atoms with E-state index < -0.39 is 12.1 Å². The topological polar surface area (TPSA) is 80.1 Å². The molecule has 1 saturated heterocycles. The van der Waals surface area contributed by atoms with Crippen molar-refractivity contribution in [3.05, 3.63) is 12.2 Å². The molecule has 2 atom stereocenters. The van der Waals surface area contributed by atoms with Crippen LogP contribution in [0.2, 0.25) is 0 Å². The van der Waals surface area contributed by atoms with Crippen molar-refractivity contribution in [3.63, 3.8) is 0 Å². The van der Waals surface area contributed by atoms with E-state index in [4.69, 9.17) is 0 Å². The Hall–Kier alpha value is -1.92. The average molecular weight is 279 g/mol. The highest BCUT2D eigenvalue weighted by molar-refractivity contribution is 5.96. The molecule has 1 aliphatic rings. The SMILES string of the molecule is CCn1ncnc1CN1C(=O)C(C(C)C)NC(=O)C1C. The van der Waals surface area contributed by atoms with Crippen molar-refractivity contribution < 1.29 is 9.59 Å². The van der Waals surface area contributed by atoms with Crippen LogP contribution in [-0.2, 0) is 22.7 Å². The molecule has 0 spiro atoms. The maximum atomic E-state index is 12.5. The van der Waals surface area contributed by atoms with Gasteiger partial charge in [-0.1, -0.05) is 13.8 Å². The number of hydrogen-bond acceptors (Lipinski definition) is 4. The van der Waals surface area contributed by atoms with E-state index in [1.807, 2.05) is 20.8 Å². The van der Waals surface area contributed by atoms with Crippen LogP contribution in [0.15, 0.2) is 6.33 Å². The Kier molecular flexibility index (Phi) is 4.06. The summed E-state index contributed by atoms with van der Waals surface area (Å²) in [5.41, 5.74) is 0. The molecular weight excluding hydrogens is 258 g/mol. The second kappa shape index (κ2) is 5.60. The van der Waals surface area contributed by atoms with Crippen molar-refractivity contribution >= 4 is 11.8 Å². The van der Waals surface area contributed by atoms with E-state index in [1.54, 1.807) is 16.5 Å². The van der Waals surface area contributed by atoms with Crippen molar-refractivity contribution in [1.82, 2.24) is 25.0 Å². The fourth-order valence-electron chi connectivity index (χ4n) is 2.34. The fraction of sp³-hybridized carbons (Fsp3) is 0.692. The molecule has 1 aromatic rings. The Balaban J connectivity index is 2.23. The van der Waals surface area contributed by atoms with Gasteiger partial charge in [-0.15, -0.1) is 0 Å². The zero-order chi connectivity index (χ0) is 14.9. The van der Waals surface area contributed by atoms with E-state index in [-0.39, 0.29) is 17.7 Å². The number of aryl methyl sites for hydroxylation is 1. The largest absolute Gasteiger partial charge is 0.342 e. The minimum absolute atomic E-state index is 0.0576. The molecule has 110 valence electrons. The van der Waals surface area contributed by atoms with Crippen LogP contribution in [-0.4, -0.2) is 43.6 Å². The van der Waals surface area contributed by atoms with E-state index >= 15 is 0 Å². The molecule has 0 saturated carbocycles. The number of hydrogen-bond donors (Lipinski definition) is 1. The lowest BCUT2D eigenvalue weighted by molar-refractivity contribution is -0.150. The van der Waals surface area contributed by atoms with Gasteiger partial charge in [0, 0.05) is 6.54 Å². The quantitative estimate of drug-likeness (QED) is 0.852. The van der Waals surface area contributed by atoms with Crippen molar-refractivity contribution in [2.45, 2.75) is 52.9 Å². The first-order chi connectivity index (χ1) is 9.45. The summed E-state index contributed by atoms with van der Waals surface area (Å²) in [6.07, 6.45) is 1.47. The Morgan fingerprint density at radius 2 is 2.10 bits per heavy atom. The summed E-state index contributed by atoms with van der Waals surface area (Å²) in [6, 6.07) is -0.948. The molecular formula is C13H21N5O2. The Bertz CT molecular complexity index is 511. The normalized spacial score (nSPS) is 23.4. The molecule has 1 fully saturated rings. The van der Waals surface area contributed by atoms with Crippen LogP contribution in [0.4, 0.5) is 0 Å². The number of nitrogens with one attached hydrogen (secondary N) is 1. The van der Waals surface area contributed by atoms with Crippen LogP contribution in [0.5, 0.6) is 0 Å². The smallest absolute Gasteiger partial charge is 0.246 e.